The van der Waals surface area contributed by atoms with E-state index in [1.165, 1.54) is 16.8 Å². The van der Waals surface area contributed by atoms with Gasteiger partial charge in [0.25, 0.3) is 10.0 Å². The topological polar surface area (TPSA) is 81.2 Å². The predicted molar refractivity (Wildman–Crippen MR) is 56.7 cm³/mol. The first-order valence-corrected chi connectivity index (χ1v) is 6.14. The monoisotopic (exact) mass is 232 g/mol. The Hall–Kier alpha value is -0.920. The molecule has 6 nitrogen and oxygen atoms in total. The summed E-state index contributed by atoms with van der Waals surface area (Å²) in [6.45, 7) is 2.79. The van der Waals surface area contributed by atoms with Crippen LogP contribution in [0.4, 0.5) is 0 Å². The molecule has 86 valence electrons. The molecule has 1 rings (SSSR count). The van der Waals surface area contributed by atoms with Gasteiger partial charge in [-0.1, -0.05) is 6.92 Å². The predicted octanol–water partition coefficient (Wildman–Crippen LogP) is -0.611. The van der Waals surface area contributed by atoms with E-state index in [0.29, 0.717) is 19.6 Å². The molecule has 1 heterocycles. The summed E-state index contributed by atoms with van der Waals surface area (Å²) in [6, 6.07) is 0. The lowest BCUT2D eigenvalue weighted by Crippen LogP contribution is -2.35. The van der Waals surface area contributed by atoms with Gasteiger partial charge >= 0.3 is 0 Å². The Morgan fingerprint density at radius 1 is 1.60 bits per heavy atom. The molecule has 0 aliphatic rings. The van der Waals surface area contributed by atoms with E-state index < -0.39 is 10.0 Å². The SMILES string of the molecule is CCN(CCN)S(=O)(=O)c1cn(C)cn1. The molecule has 0 spiro atoms. The summed E-state index contributed by atoms with van der Waals surface area (Å²) in [6.07, 6.45) is 2.94. The Labute approximate surface area is 89.8 Å². The first kappa shape index (κ1) is 12.2. The van der Waals surface area contributed by atoms with Gasteiger partial charge in [0.05, 0.1) is 6.33 Å². The molecule has 0 bridgehead atoms. The fourth-order valence-corrected chi connectivity index (χ4v) is 2.68. The Morgan fingerprint density at radius 2 is 2.27 bits per heavy atom. The minimum Gasteiger partial charge on any atom is -0.339 e. The molecule has 0 aliphatic carbocycles. The van der Waals surface area contributed by atoms with E-state index in [4.69, 9.17) is 5.73 Å². The van der Waals surface area contributed by atoms with E-state index in [-0.39, 0.29) is 5.03 Å². The lowest BCUT2D eigenvalue weighted by atomic mass is 10.6. The van der Waals surface area contributed by atoms with Crippen LogP contribution in [0.25, 0.3) is 0 Å². The van der Waals surface area contributed by atoms with Gasteiger partial charge in [0.2, 0.25) is 0 Å². The van der Waals surface area contributed by atoms with Crippen molar-refractivity contribution in [1.29, 1.82) is 0 Å². The maximum Gasteiger partial charge on any atom is 0.262 e. The van der Waals surface area contributed by atoms with Crippen molar-refractivity contribution in [3.05, 3.63) is 12.5 Å². The van der Waals surface area contributed by atoms with E-state index in [9.17, 15) is 8.42 Å². The second-order valence-corrected chi connectivity index (χ2v) is 5.05. The highest BCUT2D eigenvalue weighted by atomic mass is 32.2. The molecule has 1 aromatic heterocycles. The fourth-order valence-electron chi connectivity index (χ4n) is 1.25. The zero-order valence-electron chi connectivity index (χ0n) is 8.92. The second kappa shape index (κ2) is 4.73. The first-order chi connectivity index (χ1) is 7.02. The number of nitrogens with two attached hydrogens (primary N) is 1. The van der Waals surface area contributed by atoms with Crippen molar-refractivity contribution in [2.75, 3.05) is 19.6 Å². The molecule has 0 saturated carbocycles. The molecular formula is C8H16N4O2S. The van der Waals surface area contributed by atoms with Crippen molar-refractivity contribution in [3.63, 3.8) is 0 Å². The number of imidazole rings is 1. The minimum absolute atomic E-state index is 0.0697. The minimum atomic E-state index is -3.47. The third-order valence-corrected chi connectivity index (χ3v) is 3.88. The summed E-state index contributed by atoms with van der Waals surface area (Å²) in [5.41, 5.74) is 5.35. The van der Waals surface area contributed by atoms with Crippen molar-refractivity contribution in [2.45, 2.75) is 11.9 Å². The Kier molecular flexibility index (Phi) is 3.83. The smallest absolute Gasteiger partial charge is 0.262 e. The fraction of sp³-hybridized carbons (Fsp3) is 0.625. The van der Waals surface area contributed by atoms with Crippen LogP contribution < -0.4 is 5.73 Å². The Balaban J connectivity index is 3.00. The normalized spacial score (nSPS) is 12.3. The van der Waals surface area contributed by atoms with Crippen molar-refractivity contribution >= 4 is 10.0 Å². The molecule has 0 fully saturated rings. The molecule has 0 aliphatic heterocycles. The van der Waals surface area contributed by atoms with Crippen LogP contribution >= 0.6 is 0 Å². The quantitative estimate of drug-likeness (QED) is 0.734. The number of sulfonamides is 1. The number of hydrogen-bond acceptors (Lipinski definition) is 4. The van der Waals surface area contributed by atoms with Crippen LogP contribution in [-0.4, -0.2) is 41.9 Å². The Bertz CT molecular complexity index is 412. The van der Waals surface area contributed by atoms with Gasteiger partial charge in [0, 0.05) is 32.9 Å². The lowest BCUT2D eigenvalue weighted by molar-refractivity contribution is 0.433. The van der Waals surface area contributed by atoms with Gasteiger partial charge in [-0.15, -0.1) is 0 Å². The molecule has 15 heavy (non-hydrogen) atoms. The molecule has 0 saturated heterocycles. The van der Waals surface area contributed by atoms with Gasteiger partial charge in [-0.3, -0.25) is 0 Å². The summed E-state index contributed by atoms with van der Waals surface area (Å²) in [5, 5.41) is 0.0697. The van der Waals surface area contributed by atoms with E-state index in [1.54, 1.807) is 18.5 Å². The number of rotatable bonds is 5. The highest BCUT2D eigenvalue weighted by Crippen LogP contribution is 2.11. The van der Waals surface area contributed by atoms with Crippen molar-refractivity contribution in [3.8, 4) is 0 Å². The van der Waals surface area contributed by atoms with Crippen molar-refractivity contribution in [1.82, 2.24) is 13.9 Å². The lowest BCUT2D eigenvalue weighted by Gasteiger charge is -2.17. The average Bonchev–Trinajstić information content (AvgIpc) is 2.61. The van der Waals surface area contributed by atoms with Gasteiger partial charge < -0.3 is 10.3 Å². The zero-order chi connectivity index (χ0) is 11.5. The molecule has 7 heteroatoms. The maximum atomic E-state index is 12.0. The van der Waals surface area contributed by atoms with E-state index in [2.05, 4.69) is 4.98 Å². The van der Waals surface area contributed by atoms with E-state index >= 15 is 0 Å². The van der Waals surface area contributed by atoms with Crippen LogP contribution in [0.3, 0.4) is 0 Å². The molecule has 0 amide bonds. The summed E-state index contributed by atoms with van der Waals surface area (Å²) >= 11 is 0. The highest BCUT2D eigenvalue weighted by Gasteiger charge is 2.24. The standard InChI is InChI=1S/C8H16N4O2S/c1-3-12(5-4-9)15(13,14)8-6-11(2)7-10-8/h6-7H,3-5,9H2,1-2H3. The number of aromatic nitrogens is 2. The van der Waals surface area contributed by atoms with Gasteiger partial charge in [-0.05, 0) is 0 Å². The van der Waals surface area contributed by atoms with Crippen LogP contribution in [0, 0.1) is 0 Å². The molecule has 0 radical (unpaired) electrons. The number of aryl methyl sites for hydroxylation is 1. The molecule has 1 aromatic rings. The average molecular weight is 232 g/mol. The van der Waals surface area contributed by atoms with Crippen LogP contribution in [0.5, 0.6) is 0 Å². The van der Waals surface area contributed by atoms with Crippen LogP contribution in [-0.2, 0) is 17.1 Å². The van der Waals surface area contributed by atoms with E-state index in [1.807, 2.05) is 0 Å². The summed E-state index contributed by atoms with van der Waals surface area (Å²) in [5.74, 6) is 0. The van der Waals surface area contributed by atoms with Gasteiger partial charge in [0.1, 0.15) is 0 Å². The maximum absolute atomic E-state index is 12.0. The summed E-state index contributed by atoms with van der Waals surface area (Å²) < 4.78 is 26.8. The largest absolute Gasteiger partial charge is 0.339 e. The van der Waals surface area contributed by atoms with Gasteiger partial charge in [-0.25, -0.2) is 13.4 Å². The van der Waals surface area contributed by atoms with Crippen LogP contribution in [0.15, 0.2) is 17.6 Å². The molecule has 0 unspecified atom stereocenters. The molecule has 2 N–H and O–H groups in total. The molecule has 0 aromatic carbocycles. The van der Waals surface area contributed by atoms with Crippen molar-refractivity contribution in [2.24, 2.45) is 12.8 Å². The van der Waals surface area contributed by atoms with Crippen LogP contribution in [0.2, 0.25) is 0 Å². The van der Waals surface area contributed by atoms with E-state index in [0.717, 1.165) is 0 Å². The van der Waals surface area contributed by atoms with Crippen LogP contribution in [0.1, 0.15) is 6.92 Å². The second-order valence-electron chi connectivity index (χ2n) is 3.16. The molecule has 0 atom stereocenters. The third kappa shape index (κ3) is 2.55. The first-order valence-electron chi connectivity index (χ1n) is 4.70. The highest BCUT2D eigenvalue weighted by molar-refractivity contribution is 7.89. The summed E-state index contributed by atoms with van der Waals surface area (Å²) in [7, 11) is -1.74. The van der Waals surface area contributed by atoms with Gasteiger partial charge in [0.15, 0.2) is 5.03 Å². The Morgan fingerprint density at radius 3 is 2.67 bits per heavy atom. The molecular weight excluding hydrogens is 216 g/mol. The third-order valence-electron chi connectivity index (χ3n) is 2.02. The summed E-state index contributed by atoms with van der Waals surface area (Å²) in [4.78, 5) is 3.83. The number of likely N-dealkylation sites (N-methyl/N-ethyl adjacent to an activating group) is 1. The van der Waals surface area contributed by atoms with Crippen molar-refractivity contribution < 1.29 is 8.42 Å². The number of nitrogens with zero attached hydrogens (tertiary/aromatic N) is 3. The zero-order valence-corrected chi connectivity index (χ0v) is 9.74. The van der Waals surface area contributed by atoms with Gasteiger partial charge in [-0.2, -0.15) is 4.31 Å². The number of hydrogen-bond donors (Lipinski definition) is 1.